The van der Waals surface area contributed by atoms with Gasteiger partial charge in [-0.25, -0.2) is 4.79 Å². The van der Waals surface area contributed by atoms with Crippen LogP contribution in [0.15, 0.2) is 0 Å². The monoisotopic (exact) mass is 293 g/mol. The van der Waals surface area contributed by atoms with Gasteiger partial charge in [0.25, 0.3) is 5.91 Å². The van der Waals surface area contributed by atoms with Crippen LogP contribution in [0.5, 0.6) is 0 Å². The highest BCUT2D eigenvalue weighted by molar-refractivity contribution is 6.24. The lowest BCUT2D eigenvalue weighted by Gasteiger charge is -2.39. The van der Waals surface area contributed by atoms with Crippen molar-refractivity contribution in [3.05, 3.63) is 0 Å². The maximum absolute atomic E-state index is 11.4. The molecule has 6 N–H and O–H groups in total. The number of nitrogens with two attached hydrogens (primary N) is 1. The predicted octanol–water partition coefficient (Wildman–Crippen LogP) is -2.24. The molecule has 8 nitrogen and oxygen atoms in total. The Kier molecular flexibility index (Phi) is 4.72. The second-order valence-corrected chi connectivity index (χ2v) is 5.03. The van der Waals surface area contributed by atoms with Gasteiger partial charge in [-0.3, -0.25) is 9.59 Å². The third-order valence-corrected chi connectivity index (χ3v) is 3.44. The van der Waals surface area contributed by atoms with Crippen LogP contribution in [0.3, 0.4) is 0 Å². The van der Waals surface area contributed by atoms with Gasteiger partial charge in [0.05, 0.1) is 18.0 Å². The van der Waals surface area contributed by atoms with Crippen LogP contribution in [0, 0.1) is 0 Å². The fourth-order valence-electron chi connectivity index (χ4n) is 1.52. The Balaban J connectivity index is 2.66. The van der Waals surface area contributed by atoms with Crippen molar-refractivity contribution >= 4 is 29.4 Å². The normalized spacial score (nSPS) is 26.6. The molecule has 9 heteroatoms. The van der Waals surface area contributed by atoms with Crippen molar-refractivity contribution in [3.8, 4) is 0 Å². The molecule has 1 rings (SSSR count). The van der Waals surface area contributed by atoms with Crippen molar-refractivity contribution in [2.75, 3.05) is 6.54 Å². The first-order valence-electron chi connectivity index (χ1n) is 5.62. The Labute approximate surface area is 114 Å². The largest absolute Gasteiger partial charge is 0.480 e. The van der Waals surface area contributed by atoms with Crippen LogP contribution in [0.2, 0.25) is 0 Å². The highest BCUT2D eigenvalue weighted by atomic mass is 35.5. The van der Waals surface area contributed by atoms with Gasteiger partial charge in [0, 0.05) is 0 Å². The van der Waals surface area contributed by atoms with Gasteiger partial charge in [0.2, 0.25) is 5.91 Å². The molecule has 0 aromatic rings. The molecule has 0 spiro atoms. The van der Waals surface area contributed by atoms with Gasteiger partial charge >= 0.3 is 5.97 Å². The number of hydrogen-bond acceptors (Lipinski definition) is 5. The zero-order valence-corrected chi connectivity index (χ0v) is 11.0. The first kappa shape index (κ1) is 15.7. The number of β-lactam (4-membered cyclic amide) rings is 1. The zero-order valence-electron chi connectivity index (χ0n) is 10.2. The highest BCUT2D eigenvalue weighted by Crippen LogP contribution is 2.26. The van der Waals surface area contributed by atoms with Gasteiger partial charge in [0.15, 0.2) is 5.60 Å². The third-order valence-electron chi connectivity index (χ3n) is 2.90. The lowest BCUT2D eigenvalue weighted by molar-refractivity contribution is -0.153. The van der Waals surface area contributed by atoms with Crippen LogP contribution in [-0.4, -0.2) is 57.6 Å². The Morgan fingerprint density at radius 1 is 1.63 bits per heavy atom. The predicted molar refractivity (Wildman–Crippen MR) is 65.4 cm³/mol. The van der Waals surface area contributed by atoms with E-state index in [-0.39, 0.29) is 13.0 Å². The number of hydrogen-bond donors (Lipinski definition) is 5. The number of carbonyl (C=O) groups is 3. The average Bonchev–Trinajstić information content (AvgIpc) is 2.34. The van der Waals surface area contributed by atoms with Gasteiger partial charge < -0.3 is 26.6 Å². The number of nitrogens with one attached hydrogen (secondary N) is 2. The van der Waals surface area contributed by atoms with Crippen molar-refractivity contribution < 1.29 is 24.6 Å². The van der Waals surface area contributed by atoms with E-state index >= 15 is 0 Å². The summed E-state index contributed by atoms with van der Waals surface area (Å²) >= 11 is 5.86. The van der Waals surface area contributed by atoms with E-state index < -0.39 is 40.8 Å². The molecule has 1 aliphatic heterocycles. The van der Waals surface area contributed by atoms with Gasteiger partial charge in [-0.05, 0) is 13.3 Å². The van der Waals surface area contributed by atoms with E-state index in [0.29, 0.717) is 0 Å². The third kappa shape index (κ3) is 3.34. The van der Waals surface area contributed by atoms with E-state index in [1.54, 1.807) is 0 Å². The fraction of sp³-hybridized carbons (Fsp3) is 0.700. The summed E-state index contributed by atoms with van der Waals surface area (Å²) in [7, 11) is 0. The van der Waals surface area contributed by atoms with E-state index in [4.69, 9.17) is 22.4 Å². The second-order valence-electron chi connectivity index (χ2n) is 4.50. The molecule has 1 saturated heterocycles. The lowest BCUT2D eigenvalue weighted by atomic mass is 9.88. The minimum Gasteiger partial charge on any atom is -0.480 e. The van der Waals surface area contributed by atoms with Gasteiger partial charge in [-0.15, -0.1) is 11.6 Å². The molecule has 0 bridgehead atoms. The minimum atomic E-state index is -1.80. The lowest BCUT2D eigenvalue weighted by Crippen LogP contribution is -2.70. The Morgan fingerprint density at radius 3 is 2.53 bits per heavy atom. The second kappa shape index (κ2) is 5.72. The molecule has 1 heterocycles. The topological polar surface area (TPSA) is 142 Å². The molecule has 2 amide bonds. The van der Waals surface area contributed by atoms with Crippen LogP contribution in [0.1, 0.15) is 13.3 Å². The molecule has 4 atom stereocenters. The number of carboxylic acid groups (broad SMARTS) is 1. The number of alkyl halides is 1. The Morgan fingerprint density at radius 2 is 2.21 bits per heavy atom. The number of rotatable bonds is 6. The SMILES string of the molecule is CC(N)C(=O)N[C@@H](C[C@H](Cl)[C@]1(O)CNC1=O)C(=O)O. The summed E-state index contributed by atoms with van der Waals surface area (Å²) in [6.07, 6.45) is -0.292. The molecule has 1 unspecified atom stereocenters. The molecule has 0 aromatic carbocycles. The minimum absolute atomic E-state index is 0.0480. The Hall–Kier alpha value is -1.38. The van der Waals surface area contributed by atoms with Crippen LogP contribution >= 0.6 is 11.6 Å². The van der Waals surface area contributed by atoms with E-state index in [9.17, 15) is 19.5 Å². The number of aliphatic hydroxyl groups is 1. The summed E-state index contributed by atoms with van der Waals surface area (Å²) in [5, 5.41) is 22.2. The number of carboxylic acids is 1. The number of amides is 2. The Bertz CT molecular complexity index is 403. The van der Waals surface area contributed by atoms with Crippen LogP contribution in [0.25, 0.3) is 0 Å². The van der Waals surface area contributed by atoms with Crippen molar-refractivity contribution in [2.24, 2.45) is 5.73 Å². The molecule has 0 aliphatic carbocycles. The number of aliphatic carboxylic acids is 1. The first-order valence-corrected chi connectivity index (χ1v) is 6.05. The van der Waals surface area contributed by atoms with Gasteiger partial charge in [0.1, 0.15) is 6.04 Å². The number of halogens is 1. The van der Waals surface area contributed by atoms with E-state index in [1.807, 2.05) is 0 Å². The summed E-state index contributed by atoms with van der Waals surface area (Å²) in [6.45, 7) is 1.35. The summed E-state index contributed by atoms with van der Waals surface area (Å²) in [6, 6.07) is -2.19. The summed E-state index contributed by atoms with van der Waals surface area (Å²) in [5.74, 6) is -2.63. The smallest absolute Gasteiger partial charge is 0.326 e. The van der Waals surface area contributed by atoms with Crippen molar-refractivity contribution in [1.82, 2.24) is 10.6 Å². The zero-order chi connectivity index (χ0) is 14.8. The van der Waals surface area contributed by atoms with Gasteiger partial charge in [-0.1, -0.05) is 0 Å². The molecule has 1 aliphatic rings. The molecular formula is C10H16ClN3O5. The van der Waals surface area contributed by atoms with Crippen LogP contribution in [-0.2, 0) is 14.4 Å². The van der Waals surface area contributed by atoms with Gasteiger partial charge in [-0.2, -0.15) is 0 Å². The summed E-state index contributed by atoms with van der Waals surface area (Å²) in [4.78, 5) is 33.5. The maximum Gasteiger partial charge on any atom is 0.326 e. The molecule has 0 radical (unpaired) electrons. The number of carbonyl (C=O) groups excluding carboxylic acids is 2. The van der Waals surface area contributed by atoms with Crippen LogP contribution in [0.4, 0.5) is 0 Å². The van der Waals surface area contributed by atoms with Crippen LogP contribution < -0.4 is 16.4 Å². The van der Waals surface area contributed by atoms with Crippen molar-refractivity contribution in [1.29, 1.82) is 0 Å². The molecule has 1 fully saturated rings. The standard InChI is InChI=1S/C10H16ClN3O5/c1-4(12)7(15)14-5(8(16)17)2-6(11)10(19)3-13-9(10)18/h4-6,19H,2-3,12H2,1H3,(H,13,18)(H,14,15)(H,16,17)/t4?,5-,6-,10+/m0/s1. The quantitative estimate of drug-likeness (QED) is 0.277. The molecule has 0 aromatic heterocycles. The number of β-amino-alcohol motifs (C(OH)–C–C–N with tert-alkyl or cyclic N) is 1. The highest BCUT2D eigenvalue weighted by Gasteiger charge is 2.51. The summed E-state index contributed by atoms with van der Waals surface area (Å²) in [5.41, 5.74) is 3.51. The van der Waals surface area contributed by atoms with E-state index in [2.05, 4.69) is 10.6 Å². The van der Waals surface area contributed by atoms with E-state index in [1.165, 1.54) is 6.92 Å². The molecular weight excluding hydrogens is 278 g/mol. The fourth-order valence-corrected chi connectivity index (χ4v) is 1.88. The average molecular weight is 294 g/mol. The van der Waals surface area contributed by atoms with Crippen molar-refractivity contribution in [3.63, 3.8) is 0 Å². The molecule has 0 saturated carbocycles. The molecule has 19 heavy (non-hydrogen) atoms. The van der Waals surface area contributed by atoms with E-state index in [0.717, 1.165) is 0 Å². The first-order chi connectivity index (χ1) is 8.68. The maximum atomic E-state index is 11.4. The summed E-state index contributed by atoms with van der Waals surface area (Å²) < 4.78 is 0. The molecule has 108 valence electrons. The van der Waals surface area contributed by atoms with Crippen molar-refractivity contribution in [2.45, 2.75) is 36.4 Å².